The Morgan fingerprint density at radius 3 is 2.67 bits per heavy atom. The second kappa shape index (κ2) is 5.39. The summed E-state index contributed by atoms with van der Waals surface area (Å²) in [4.78, 5) is 0. The molecule has 4 rings (SSSR count). The topological polar surface area (TPSA) is 59.0 Å². The summed E-state index contributed by atoms with van der Waals surface area (Å²) in [6.07, 6.45) is 0. The molecule has 0 saturated carbocycles. The number of halogens is 1. The first-order valence-corrected chi connectivity index (χ1v) is 7.53. The summed E-state index contributed by atoms with van der Waals surface area (Å²) in [5.74, 6) is -0.106. The van der Waals surface area contributed by atoms with Crippen molar-refractivity contribution in [3.8, 4) is 11.8 Å². The van der Waals surface area contributed by atoms with E-state index in [4.69, 9.17) is 10.5 Å². The lowest BCUT2D eigenvalue weighted by Gasteiger charge is -2.27. The maximum Gasteiger partial charge on any atom is 0.205 e. The Labute approximate surface area is 138 Å². The molecular formula is C20H13FN2O. The van der Waals surface area contributed by atoms with Crippen molar-refractivity contribution in [2.75, 3.05) is 0 Å². The Hall–Kier alpha value is -3.32. The maximum atomic E-state index is 13.7. The number of ether oxygens (including phenoxy) is 1. The average molecular weight is 316 g/mol. The molecule has 1 atom stereocenters. The van der Waals surface area contributed by atoms with Crippen LogP contribution >= 0.6 is 0 Å². The number of allylic oxidation sites excluding steroid dienone is 1. The molecule has 0 saturated heterocycles. The molecule has 1 aliphatic rings. The van der Waals surface area contributed by atoms with Crippen molar-refractivity contribution in [3.05, 3.63) is 89.1 Å². The lowest BCUT2D eigenvalue weighted by Crippen LogP contribution is -2.21. The minimum atomic E-state index is -0.445. The zero-order valence-electron chi connectivity index (χ0n) is 12.7. The third kappa shape index (κ3) is 2.10. The van der Waals surface area contributed by atoms with Gasteiger partial charge in [0.25, 0.3) is 0 Å². The predicted octanol–water partition coefficient (Wildman–Crippen LogP) is 4.20. The number of benzene rings is 3. The molecule has 0 fully saturated rings. The molecule has 0 bridgehead atoms. The fourth-order valence-electron chi connectivity index (χ4n) is 3.22. The normalized spacial score (nSPS) is 16.4. The van der Waals surface area contributed by atoms with Gasteiger partial charge in [0.05, 0.1) is 5.92 Å². The van der Waals surface area contributed by atoms with Crippen LogP contribution in [0.2, 0.25) is 0 Å². The van der Waals surface area contributed by atoms with E-state index in [-0.39, 0.29) is 11.7 Å². The third-order valence-corrected chi connectivity index (χ3v) is 4.29. The van der Waals surface area contributed by atoms with E-state index in [9.17, 15) is 9.65 Å². The quantitative estimate of drug-likeness (QED) is 0.732. The molecule has 0 spiro atoms. The molecule has 2 N–H and O–H groups in total. The number of hydrogen-bond acceptors (Lipinski definition) is 3. The molecule has 1 unspecified atom stereocenters. The summed E-state index contributed by atoms with van der Waals surface area (Å²) < 4.78 is 19.5. The Kier molecular flexibility index (Phi) is 3.21. The standard InChI is InChI=1S/C20H13FN2O/c21-14-6-3-5-13(10-14)18-16-9-8-12-4-1-2-7-15(12)19(16)24-20(23)17(18)11-22/h1-10,18H,23H2. The Balaban J connectivity index is 2.02. The lowest BCUT2D eigenvalue weighted by molar-refractivity contribution is 0.398. The second-order valence-electron chi connectivity index (χ2n) is 5.68. The molecule has 3 aromatic carbocycles. The van der Waals surface area contributed by atoms with E-state index >= 15 is 0 Å². The molecule has 3 aromatic rings. The van der Waals surface area contributed by atoms with E-state index in [1.807, 2.05) is 36.4 Å². The van der Waals surface area contributed by atoms with E-state index in [2.05, 4.69) is 6.07 Å². The average Bonchev–Trinajstić information content (AvgIpc) is 2.60. The fourth-order valence-corrected chi connectivity index (χ4v) is 3.22. The highest BCUT2D eigenvalue weighted by Gasteiger charge is 2.31. The number of fused-ring (bicyclic) bond motifs is 3. The summed E-state index contributed by atoms with van der Waals surface area (Å²) in [6, 6.07) is 20.0. The van der Waals surface area contributed by atoms with Gasteiger partial charge in [0.1, 0.15) is 23.2 Å². The van der Waals surface area contributed by atoms with Gasteiger partial charge in [-0.15, -0.1) is 0 Å². The van der Waals surface area contributed by atoms with Crippen LogP contribution < -0.4 is 10.5 Å². The fraction of sp³-hybridized carbons (Fsp3) is 0.0500. The van der Waals surface area contributed by atoms with E-state index in [1.165, 1.54) is 12.1 Å². The van der Waals surface area contributed by atoms with Crippen LogP contribution in [0.5, 0.6) is 5.75 Å². The van der Waals surface area contributed by atoms with Crippen molar-refractivity contribution in [2.45, 2.75) is 5.92 Å². The largest absolute Gasteiger partial charge is 0.440 e. The number of nitrogens with two attached hydrogens (primary N) is 1. The van der Waals surface area contributed by atoms with E-state index in [0.717, 1.165) is 16.3 Å². The van der Waals surface area contributed by atoms with Crippen LogP contribution in [-0.2, 0) is 0 Å². The van der Waals surface area contributed by atoms with Crippen LogP contribution in [0.1, 0.15) is 17.0 Å². The van der Waals surface area contributed by atoms with Crippen molar-refractivity contribution >= 4 is 10.8 Å². The van der Waals surface area contributed by atoms with Crippen LogP contribution in [-0.4, -0.2) is 0 Å². The zero-order valence-corrected chi connectivity index (χ0v) is 12.7. The smallest absolute Gasteiger partial charge is 0.205 e. The van der Waals surface area contributed by atoms with Gasteiger partial charge < -0.3 is 10.5 Å². The zero-order chi connectivity index (χ0) is 16.7. The molecule has 0 radical (unpaired) electrons. The van der Waals surface area contributed by atoms with Gasteiger partial charge in [-0.3, -0.25) is 0 Å². The van der Waals surface area contributed by atoms with E-state index in [0.29, 0.717) is 16.9 Å². The highest BCUT2D eigenvalue weighted by molar-refractivity contribution is 5.90. The van der Waals surface area contributed by atoms with E-state index in [1.54, 1.807) is 12.1 Å². The SMILES string of the molecule is N#CC1=C(N)Oc2c(ccc3ccccc23)C1c1cccc(F)c1. The van der Waals surface area contributed by atoms with Crippen molar-refractivity contribution < 1.29 is 9.13 Å². The van der Waals surface area contributed by atoms with Gasteiger partial charge in [-0.2, -0.15) is 5.26 Å². The Bertz CT molecular complexity index is 1030. The molecular weight excluding hydrogens is 303 g/mol. The number of nitrogens with zero attached hydrogens (tertiary/aromatic N) is 1. The monoisotopic (exact) mass is 316 g/mol. The minimum Gasteiger partial charge on any atom is -0.440 e. The molecule has 116 valence electrons. The second-order valence-corrected chi connectivity index (χ2v) is 5.68. The lowest BCUT2D eigenvalue weighted by atomic mass is 9.82. The van der Waals surface area contributed by atoms with Crippen LogP contribution in [0.4, 0.5) is 4.39 Å². The van der Waals surface area contributed by atoms with Gasteiger partial charge in [0.2, 0.25) is 5.88 Å². The molecule has 0 aliphatic carbocycles. The number of nitriles is 1. The van der Waals surface area contributed by atoms with Crippen LogP contribution in [0, 0.1) is 17.1 Å². The molecule has 4 heteroatoms. The Morgan fingerprint density at radius 2 is 1.88 bits per heavy atom. The molecule has 1 aliphatic heterocycles. The summed E-state index contributed by atoms with van der Waals surface area (Å²) in [6.45, 7) is 0. The van der Waals surface area contributed by atoms with Gasteiger partial charge in [-0.25, -0.2) is 4.39 Å². The number of hydrogen-bond donors (Lipinski definition) is 1. The molecule has 24 heavy (non-hydrogen) atoms. The highest BCUT2D eigenvalue weighted by Crippen LogP contribution is 2.45. The predicted molar refractivity (Wildman–Crippen MR) is 89.6 cm³/mol. The van der Waals surface area contributed by atoms with Crippen LogP contribution in [0.25, 0.3) is 10.8 Å². The van der Waals surface area contributed by atoms with Crippen LogP contribution in [0.3, 0.4) is 0 Å². The number of rotatable bonds is 1. The van der Waals surface area contributed by atoms with Crippen molar-refractivity contribution in [3.63, 3.8) is 0 Å². The van der Waals surface area contributed by atoms with Gasteiger partial charge in [0, 0.05) is 10.9 Å². The summed E-state index contributed by atoms with van der Waals surface area (Å²) in [5, 5.41) is 11.5. The molecule has 0 aromatic heterocycles. The molecule has 0 amide bonds. The Morgan fingerprint density at radius 1 is 1.04 bits per heavy atom. The molecule has 3 nitrogen and oxygen atoms in total. The minimum absolute atomic E-state index is 0.0654. The van der Waals surface area contributed by atoms with Gasteiger partial charge in [0.15, 0.2) is 0 Å². The highest BCUT2D eigenvalue weighted by atomic mass is 19.1. The van der Waals surface area contributed by atoms with Crippen molar-refractivity contribution in [2.24, 2.45) is 5.73 Å². The molecule has 1 heterocycles. The van der Waals surface area contributed by atoms with Gasteiger partial charge in [-0.05, 0) is 23.1 Å². The van der Waals surface area contributed by atoms with Crippen molar-refractivity contribution in [1.82, 2.24) is 0 Å². The van der Waals surface area contributed by atoms with Crippen molar-refractivity contribution in [1.29, 1.82) is 5.26 Å². The first kappa shape index (κ1) is 14.3. The first-order valence-electron chi connectivity index (χ1n) is 7.53. The van der Waals surface area contributed by atoms with Crippen LogP contribution in [0.15, 0.2) is 72.1 Å². The van der Waals surface area contributed by atoms with E-state index < -0.39 is 5.92 Å². The summed E-state index contributed by atoms with van der Waals surface area (Å²) >= 11 is 0. The maximum absolute atomic E-state index is 13.7. The van der Waals surface area contributed by atoms with Gasteiger partial charge >= 0.3 is 0 Å². The first-order chi connectivity index (χ1) is 11.7. The third-order valence-electron chi connectivity index (χ3n) is 4.29. The summed E-state index contributed by atoms with van der Waals surface area (Å²) in [7, 11) is 0. The van der Waals surface area contributed by atoms with Gasteiger partial charge in [-0.1, -0.05) is 48.5 Å². The summed E-state index contributed by atoms with van der Waals surface area (Å²) in [5.41, 5.74) is 7.78.